The van der Waals surface area contributed by atoms with Crippen molar-refractivity contribution >= 4 is 0 Å². The number of nitrogens with zero attached hydrogens (tertiary/aromatic N) is 2. The van der Waals surface area contributed by atoms with Crippen LogP contribution in [0.25, 0.3) is 17.1 Å². The molecule has 0 radical (unpaired) electrons. The maximum atomic E-state index is 10.2. The van der Waals surface area contributed by atoms with Gasteiger partial charge in [0.2, 0.25) is 0 Å². The van der Waals surface area contributed by atoms with Crippen molar-refractivity contribution in [3.05, 3.63) is 65.0 Å². The standard InChI is InChI=1S/C21H22N2O/c1-14-10-11-15(2)23(14)21-9-5-8-19(22-21)17-12-13-20(24)18-7-4-3-6-16(17)18/h5,8-13,24H,3-4,6-7H2,1-2H3. The summed E-state index contributed by atoms with van der Waals surface area (Å²) in [4.78, 5) is 4.93. The zero-order valence-electron chi connectivity index (χ0n) is 14.2. The van der Waals surface area contributed by atoms with E-state index in [0.717, 1.165) is 41.9 Å². The van der Waals surface area contributed by atoms with Gasteiger partial charge in [-0.2, -0.15) is 0 Å². The van der Waals surface area contributed by atoms with Crippen molar-refractivity contribution in [1.29, 1.82) is 0 Å². The van der Waals surface area contributed by atoms with Crippen molar-refractivity contribution in [2.45, 2.75) is 39.5 Å². The third-order valence-electron chi connectivity index (χ3n) is 5.02. The second-order valence-electron chi connectivity index (χ2n) is 6.63. The quantitative estimate of drug-likeness (QED) is 0.741. The Labute approximate surface area is 142 Å². The number of rotatable bonds is 2. The third-order valence-corrected chi connectivity index (χ3v) is 5.02. The number of aromatic hydroxyl groups is 1. The molecule has 0 amide bonds. The van der Waals surface area contributed by atoms with Crippen LogP contribution in [0.4, 0.5) is 0 Å². The van der Waals surface area contributed by atoms with Gasteiger partial charge in [-0.3, -0.25) is 0 Å². The van der Waals surface area contributed by atoms with E-state index < -0.39 is 0 Å². The molecular weight excluding hydrogens is 296 g/mol. The molecule has 1 aliphatic carbocycles. The van der Waals surface area contributed by atoms with E-state index in [1.807, 2.05) is 12.1 Å². The van der Waals surface area contributed by atoms with Crippen molar-refractivity contribution in [2.24, 2.45) is 0 Å². The van der Waals surface area contributed by atoms with Crippen LogP contribution in [0.5, 0.6) is 5.75 Å². The summed E-state index contributed by atoms with van der Waals surface area (Å²) in [7, 11) is 0. The number of hydrogen-bond acceptors (Lipinski definition) is 2. The normalized spacial score (nSPS) is 13.8. The van der Waals surface area contributed by atoms with Gasteiger partial charge in [-0.25, -0.2) is 4.98 Å². The Balaban J connectivity index is 1.86. The fourth-order valence-electron chi connectivity index (χ4n) is 3.82. The van der Waals surface area contributed by atoms with Crippen LogP contribution in [0, 0.1) is 13.8 Å². The van der Waals surface area contributed by atoms with E-state index in [0.29, 0.717) is 5.75 Å². The number of aryl methyl sites for hydroxylation is 2. The summed E-state index contributed by atoms with van der Waals surface area (Å²) in [5, 5.41) is 10.2. The highest BCUT2D eigenvalue weighted by Gasteiger charge is 2.18. The molecule has 2 aromatic heterocycles. The zero-order valence-corrected chi connectivity index (χ0v) is 14.2. The van der Waals surface area contributed by atoms with E-state index in [1.165, 1.54) is 23.4 Å². The number of fused-ring (bicyclic) bond motifs is 1. The highest BCUT2D eigenvalue weighted by atomic mass is 16.3. The molecule has 0 fully saturated rings. The summed E-state index contributed by atoms with van der Waals surface area (Å²) in [5.41, 5.74) is 6.89. The van der Waals surface area contributed by atoms with Gasteiger partial charge in [0.1, 0.15) is 11.6 Å². The van der Waals surface area contributed by atoms with Crippen LogP contribution in [-0.2, 0) is 12.8 Å². The lowest BCUT2D eigenvalue weighted by atomic mass is 9.86. The minimum atomic E-state index is 0.432. The summed E-state index contributed by atoms with van der Waals surface area (Å²) in [6.07, 6.45) is 4.31. The second-order valence-corrected chi connectivity index (χ2v) is 6.63. The number of benzene rings is 1. The molecule has 0 bridgehead atoms. The molecule has 1 N–H and O–H groups in total. The van der Waals surface area contributed by atoms with Crippen LogP contribution in [0.15, 0.2) is 42.5 Å². The first-order valence-corrected chi connectivity index (χ1v) is 8.61. The van der Waals surface area contributed by atoms with Crippen molar-refractivity contribution in [2.75, 3.05) is 0 Å². The van der Waals surface area contributed by atoms with Crippen LogP contribution < -0.4 is 0 Å². The fraction of sp³-hybridized carbons (Fsp3) is 0.286. The molecule has 1 aromatic carbocycles. The van der Waals surface area contributed by atoms with Crippen molar-refractivity contribution < 1.29 is 5.11 Å². The van der Waals surface area contributed by atoms with Gasteiger partial charge in [0, 0.05) is 17.0 Å². The molecule has 122 valence electrons. The number of hydrogen-bond donors (Lipinski definition) is 1. The van der Waals surface area contributed by atoms with Crippen LogP contribution in [-0.4, -0.2) is 14.7 Å². The van der Waals surface area contributed by atoms with Crippen molar-refractivity contribution in [1.82, 2.24) is 9.55 Å². The molecule has 0 saturated heterocycles. The third kappa shape index (κ3) is 2.41. The number of phenolic OH excluding ortho intramolecular Hbond substituents is 1. The van der Waals surface area contributed by atoms with Gasteiger partial charge in [0.15, 0.2) is 0 Å². The van der Waals surface area contributed by atoms with Gasteiger partial charge >= 0.3 is 0 Å². The Kier molecular flexibility index (Phi) is 3.64. The van der Waals surface area contributed by atoms with Gasteiger partial charge in [0.25, 0.3) is 0 Å². The Hall–Kier alpha value is -2.55. The summed E-state index contributed by atoms with van der Waals surface area (Å²) in [5.74, 6) is 1.38. The minimum Gasteiger partial charge on any atom is -0.508 e. The number of aromatic nitrogens is 2. The molecule has 0 spiro atoms. The zero-order chi connectivity index (χ0) is 16.7. The maximum absolute atomic E-state index is 10.2. The first-order chi connectivity index (χ1) is 11.6. The lowest BCUT2D eigenvalue weighted by Crippen LogP contribution is -2.06. The molecule has 24 heavy (non-hydrogen) atoms. The number of pyridine rings is 1. The molecule has 3 nitrogen and oxygen atoms in total. The topological polar surface area (TPSA) is 38.0 Å². The smallest absolute Gasteiger partial charge is 0.137 e. The molecule has 3 aromatic rings. The van der Waals surface area contributed by atoms with E-state index in [-0.39, 0.29) is 0 Å². The maximum Gasteiger partial charge on any atom is 0.137 e. The largest absolute Gasteiger partial charge is 0.508 e. The molecule has 2 heterocycles. The first-order valence-electron chi connectivity index (χ1n) is 8.61. The van der Waals surface area contributed by atoms with Crippen molar-refractivity contribution in [3.63, 3.8) is 0 Å². The molecule has 3 heteroatoms. The van der Waals surface area contributed by atoms with E-state index in [1.54, 1.807) is 0 Å². The lowest BCUT2D eigenvalue weighted by molar-refractivity contribution is 0.462. The Morgan fingerprint density at radius 2 is 1.58 bits per heavy atom. The van der Waals surface area contributed by atoms with E-state index in [2.05, 4.69) is 48.7 Å². The molecule has 1 aliphatic rings. The summed E-state index contributed by atoms with van der Waals surface area (Å²) in [6.45, 7) is 4.20. The monoisotopic (exact) mass is 318 g/mol. The molecule has 0 saturated carbocycles. The predicted octanol–water partition coefficient (Wildman–Crippen LogP) is 4.74. The van der Waals surface area contributed by atoms with E-state index in [4.69, 9.17) is 4.98 Å². The van der Waals surface area contributed by atoms with Crippen molar-refractivity contribution in [3.8, 4) is 22.8 Å². The number of phenols is 1. The van der Waals surface area contributed by atoms with Gasteiger partial charge in [0.05, 0.1) is 5.69 Å². The Morgan fingerprint density at radius 1 is 0.875 bits per heavy atom. The highest BCUT2D eigenvalue weighted by molar-refractivity contribution is 5.68. The second kappa shape index (κ2) is 5.82. The Bertz CT molecular complexity index is 889. The average molecular weight is 318 g/mol. The van der Waals surface area contributed by atoms with E-state index in [9.17, 15) is 5.11 Å². The van der Waals surface area contributed by atoms with Gasteiger partial charge in [-0.05, 0) is 87.1 Å². The fourth-order valence-corrected chi connectivity index (χ4v) is 3.82. The van der Waals surface area contributed by atoms with Crippen LogP contribution in [0.3, 0.4) is 0 Å². The SMILES string of the molecule is Cc1ccc(C)n1-c1cccc(-c2ccc(O)c3c2CCCC3)n1. The summed E-state index contributed by atoms with van der Waals surface area (Å²) in [6, 6.07) is 14.3. The molecule has 0 aliphatic heterocycles. The molecular formula is C21H22N2O. The van der Waals surface area contributed by atoms with Crippen LogP contribution in [0.1, 0.15) is 35.4 Å². The lowest BCUT2D eigenvalue weighted by Gasteiger charge is -2.20. The van der Waals surface area contributed by atoms with Gasteiger partial charge < -0.3 is 9.67 Å². The summed E-state index contributed by atoms with van der Waals surface area (Å²) >= 11 is 0. The van der Waals surface area contributed by atoms with Gasteiger partial charge in [-0.15, -0.1) is 0 Å². The van der Waals surface area contributed by atoms with E-state index >= 15 is 0 Å². The van der Waals surface area contributed by atoms with Crippen LogP contribution in [0.2, 0.25) is 0 Å². The average Bonchev–Trinajstić information content (AvgIpc) is 2.94. The first kappa shape index (κ1) is 15.0. The molecule has 4 rings (SSSR count). The van der Waals surface area contributed by atoms with Crippen LogP contribution >= 0.6 is 0 Å². The Morgan fingerprint density at radius 3 is 2.33 bits per heavy atom. The molecule has 0 unspecified atom stereocenters. The minimum absolute atomic E-state index is 0.432. The van der Waals surface area contributed by atoms with Gasteiger partial charge in [-0.1, -0.05) is 6.07 Å². The summed E-state index contributed by atoms with van der Waals surface area (Å²) < 4.78 is 2.18. The molecule has 0 atom stereocenters. The predicted molar refractivity (Wildman–Crippen MR) is 96.8 cm³/mol. The highest BCUT2D eigenvalue weighted by Crippen LogP contribution is 2.36.